The van der Waals surface area contributed by atoms with Crippen molar-refractivity contribution in [1.82, 2.24) is 34.8 Å². The Bertz CT molecular complexity index is 1450. The van der Waals surface area contributed by atoms with Crippen molar-refractivity contribution in [2.24, 2.45) is 0 Å². The predicted molar refractivity (Wildman–Crippen MR) is 140 cm³/mol. The van der Waals surface area contributed by atoms with E-state index in [9.17, 15) is 36.3 Å². The van der Waals surface area contributed by atoms with Gasteiger partial charge in [-0.05, 0) is 50.6 Å². The summed E-state index contributed by atoms with van der Waals surface area (Å²) >= 11 is 0. The molecule has 3 aromatic rings. The number of carbonyl (C=O) groups is 2. The summed E-state index contributed by atoms with van der Waals surface area (Å²) in [7, 11) is 0. The fourth-order valence-electron chi connectivity index (χ4n) is 4.41. The van der Waals surface area contributed by atoms with Crippen molar-refractivity contribution >= 4 is 17.5 Å². The van der Waals surface area contributed by atoms with Gasteiger partial charge >= 0.3 is 6.18 Å². The van der Waals surface area contributed by atoms with E-state index >= 15 is 0 Å². The van der Waals surface area contributed by atoms with Gasteiger partial charge in [0, 0.05) is 18.9 Å². The summed E-state index contributed by atoms with van der Waals surface area (Å²) in [6, 6.07) is 2.86. The minimum absolute atomic E-state index is 0.0195. The Labute approximate surface area is 236 Å². The summed E-state index contributed by atoms with van der Waals surface area (Å²) < 4.78 is 69.8. The maximum absolute atomic E-state index is 14.6. The van der Waals surface area contributed by atoms with Gasteiger partial charge in [0.1, 0.15) is 6.17 Å². The number of halogens is 5. The molecule has 1 aliphatic rings. The van der Waals surface area contributed by atoms with Crippen LogP contribution in [0.4, 0.5) is 27.6 Å². The molecule has 11 nitrogen and oxygen atoms in total. The number of aryl methyl sites for hydroxylation is 1. The van der Waals surface area contributed by atoms with Crippen LogP contribution in [0.25, 0.3) is 0 Å². The van der Waals surface area contributed by atoms with E-state index < -0.39 is 41.1 Å². The fourth-order valence-corrected chi connectivity index (χ4v) is 4.41. The minimum Gasteiger partial charge on any atom is -0.345 e. The fraction of sp³-hybridized carbons (Fsp3) is 0.462. The lowest BCUT2D eigenvalue weighted by molar-refractivity contribution is -0.137. The molecule has 1 unspecified atom stereocenters. The van der Waals surface area contributed by atoms with Gasteiger partial charge in [0.25, 0.3) is 11.5 Å². The summed E-state index contributed by atoms with van der Waals surface area (Å²) in [5.74, 6) is -2.32. The molecule has 0 aromatic carbocycles. The van der Waals surface area contributed by atoms with Gasteiger partial charge in [-0.1, -0.05) is 11.6 Å². The molecule has 4 rings (SSSR count). The molecule has 1 fully saturated rings. The lowest BCUT2D eigenvalue weighted by atomic mass is 10.1. The third-order valence-corrected chi connectivity index (χ3v) is 6.61. The Morgan fingerprint density at radius 2 is 1.88 bits per heavy atom. The standard InChI is InChI=1S/C26H29F5N8O3/c27-18(5-10-38-11-6-20(23(28)25(38)42)34-22(40)16-37-8-2-1-3-9-37)14-39-15-21(35-36-39)24(41)33-13-19-12-17(4-7-32-19)26(29,30)31/h4,6-7,11-12,15,18H,1-3,5,8-10,13-14,16H2,(H,33,41)(H,34,40). The molecule has 0 saturated carbocycles. The Morgan fingerprint density at radius 3 is 2.62 bits per heavy atom. The Kier molecular flexibility index (Phi) is 9.98. The average Bonchev–Trinajstić information content (AvgIpc) is 3.42. The molecule has 2 amide bonds. The first-order valence-corrected chi connectivity index (χ1v) is 13.3. The van der Waals surface area contributed by atoms with Crippen LogP contribution in [-0.2, 0) is 30.6 Å². The van der Waals surface area contributed by atoms with Gasteiger partial charge < -0.3 is 15.2 Å². The van der Waals surface area contributed by atoms with Crippen molar-refractivity contribution < 1.29 is 31.5 Å². The number of aromatic nitrogens is 5. The van der Waals surface area contributed by atoms with Crippen LogP contribution < -0.4 is 16.2 Å². The molecular formula is C26H29F5N8O3. The normalized spacial score (nSPS) is 14.9. The van der Waals surface area contributed by atoms with Crippen molar-refractivity contribution in [1.29, 1.82) is 0 Å². The van der Waals surface area contributed by atoms with Crippen LogP contribution in [-0.4, -0.2) is 67.1 Å². The highest BCUT2D eigenvalue weighted by Gasteiger charge is 2.30. The Balaban J connectivity index is 1.25. The van der Waals surface area contributed by atoms with Crippen LogP contribution in [0.1, 0.15) is 47.4 Å². The van der Waals surface area contributed by atoms with E-state index in [-0.39, 0.29) is 49.7 Å². The summed E-state index contributed by atoms with van der Waals surface area (Å²) in [6.07, 6.45) is 0.209. The number of carbonyl (C=O) groups excluding carboxylic acids is 2. The SMILES string of the molecule is O=C(CN1CCCCC1)Nc1ccn(CCC(F)Cn2cc(C(=O)NCc3cc(C(F)(F)F)ccn3)nn2)c(=O)c1F. The average molecular weight is 597 g/mol. The third-order valence-electron chi connectivity index (χ3n) is 6.61. The van der Waals surface area contributed by atoms with Crippen molar-refractivity contribution in [3.63, 3.8) is 0 Å². The van der Waals surface area contributed by atoms with E-state index in [1.165, 1.54) is 12.3 Å². The van der Waals surface area contributed by atoms with Crippen LogP contribution in [0.15, 0.2) is 41.6 Å². The van der Waals surface area contributed by atoms with Gasteiger partial charge in [-0.2, -0.15) is 17.6 Å². The highest BCUT2D eigenvalue weighted by Crippen LogP contribution is 2.29. The maximum atomic E-state index is 14.6. The van der Waals surface area contributed by atoms with Gasteiger partial charge in [-0.15, -0.1) is 5.10 Å². The smallest absolute Gasteiger partial charge is 0.345 e. The van der Waals surface area contributed by atoms with E-state index in [2.05, 4.69) is 25.9 Å². The van der Waals surface area contributed by atoms with E-state index in [1.54, 1.807) is 0 Å². The van der Waals surface area contributed by atoms with Crippen molar-refractivity contribution in [2.45, 2.75) is 57.7 Å². The minimum atomic E-state index is -4.55. The topological polar surface area (TPSA) is 127 Å². The first kappa shape index (κ1) is 30.7. The van der Waals surface area contributed by atoms with Crippen LogP contribution in [0.2, 0.25) is 0 Å². The summed E-state index contributed by atoms with van der Waals surface area (Å²) in [6.45, 7) is 0.888. The third kappa shape index (κ3) is 8.41. The number of likely N-dealkylation sites (tertiary alicyclic amines) is 1. The van der Waals surface area contributed by atoms with Crippen molar-refractivity contribution in [2.75, 3.05) is 25.0 Å². The van der Waals surface area contributed by atoms with Crippen LogP contribution in [0.3, 0.4) is 0 Å². The second-order valence-corrected chi connectivity index (χ2v) is 9.85. The lowest BCUT2D eigenvalue weighted by Gasteiger charge is -2.25. The van der Waals surface area contributed by atoms with E-state index in [0.717, 1.165) is 66.1 Å². The molecule has 0 aliphatic carbocycles. The number of pyridine rings is 2. The molecule has 1 saturated heterocycles. The van der Waals surface area contributed by atoms with Crippen molar-refractivity contribution in [3.8, 4) is 0 Å². The van der Waals surface area contributed by atoms with Gasteiger partial charge in [0.2, 0.25) is 11.7 Å². The predicted octanol–water partition coefficient (Wildman–Crippen LogP) is 2.78. The summed E-state index contributed by atoms with van der Waals surface area (Å²) in [4.78, 5) is 42.7. The number of hydrogen-bond donors (Lipinski definition) is 2. The molecule has 0 spiro atoms. The lowest BCUT2D eigenvalue weighted by Crippen LogP contribution is -2.37. The molecule has 1 atom stereocenters. The van der Waals surface area contributed by atoms with Crippen molar-refractivity contribution in [3.05, 3.63) is 69.9 Å². The van der Waals surface area contributed by atoms with E-state index in [1.807, 2.05) is 4.90 Å². The number of piperidine rings is 1. The van der Waals surface area contributed by atoms with Crippen LogP contribution in [0, 0.1) is 5.82 Å². The first-order valence-electron chi connectivity index (χ1n) is 13.3. The molecule has 16 heteroatoms. The second-order valence-electron chi connectivity index (χ2n) is 9.85. The maximum Gasteiger partial charge on any atom is 0.416 e. The Morgan fingerprint density at radius 1 is 1.12 bits per heavy atom. The highest BCUT2D eigenvalue weighted by atomic mass is 19.4. The molecular weight excluding hydrogens is 567 g/mol. The summed E-state index contributed by atoms with van der Waals surface area (Å²) in [5, 5.41) is 12.1. The number of anilines is 1. The molecule has 0 radical (unpaired) electrons. The number of nitrogens with one attached hydrogen (secondary N) is 2. The number of amides is 2. The highest BCUT2D eigenvalue weighted by molar-refractivity contribution is 5.92. The zero-order valence-corrected chi connectivity index (χ0v) is 22.4. The zero-order chi connectivity index (χ0) is 30.3. The largest absolute Gasteiger partial charge is 0.416 e. The quantitative estimate of drug-likeness (QED) is 0.326. The molecule has 1 aliphatic heterocycles. The zero-order valence-electron chi connectivity index (χ0n) is 22.4. The van der Waals surface area contributed by atoms with Gasteiger partial charge in [-0.3, -0.25) is 24.3 Å². The molecule has 42 heavy (non-hydrogen) atoms. The molecule has 2 N–H and O–H groups in total. The van der Waals surface area contributed by atoms with Gasteiger partial charge in [0.05, 0.1) is 42.8 Å². The van der Waals surface area contributed by atoms with E-state index in [4.69, 9.17) is 0 Å². The number of nitrogens with zero attached hydrogens (tertiary/aromatic N) is 6. The summed E-state index contributed by atoms with van der Waals surface area (Å²) in [5.41, 5.74) is -2.36. The molecule has 0 bridgehead atoms. The van der Waals surface area contributed by atoms with Crippen LogP contribution in [0.5, 0.6) is 0 Å². The number of alkyl halides is 4. The van der Waals surface area contributed by atoms with E-state index in [0.29, 0.717) is 0 Å². The first-order chi connectivity index (χ1) is 20.0. The molecule has 226 valence electrons. The second kappa shape index (κ2) is 13.6. The number of rotatable bonds is 11. The monoisotopic (exact) mass is 596 g/mol. The van der Waals surface area contributed by atoms with Gasteiger partial charge in [-0.25, -0.2) is 9.07 Å². The number of hydrogen-bond acceptors (Lipinski definition) is 7. The van der Waals surface area contributed by atoms with Gasteiger partial charge in [0.15, 0.2) is 5.69 Å². The molecule has 3 aromatic heterocycles. The Hall–Kier alpha value is -4.21. The van der Waals surface area contributed by atoms with Crippen LogP contribution >= 0.6 is 0 Å². The molecule has 4 heterocycles.